The number of carbonyl (C=O) groups is 1. The molecule has 1 N–H and O–H groups in total. The predicted molar refractivity (Wildman–Crippen MR) is 107 cm³/mol. The lowest BCUT2D eigenvalue weighted by atomic mass is 10.0. The highest BCUT2D eigenvalue weighted by Crippen LogP contribution is 2.14. The average Bonchev–Trinajstić information content (AvgIpc) is 2.61. The fraction of sp³-hybridized carbons (Fsp3) is 0.955. The van der Waals surface area contributed by atoms with E-state index in [1.165, 1.54) is 83.5 Å². The molecule has 0 amide bonds. The van der Waals surface area contributed by atoms with E-state index >= 15 is 0 Å². The summed E-state index contributed by atoms with van der Waals surface area (Å²) in [4.78, 5) is 11.4. The zero-order valence-electron chi connectivity index (χ0n) is 17.1. The van der Waals surface area contributed by atoms with Crippen molar-refractivity contribution in [1.29, 1.82) is 0 Å². The minimum atomic E-state index is -0.295. The van der Waals surface area contributed by atoms with Crippen molar-refractivity contribution in [3.05, 3.63) is 0 Å². The maximum absolute atomic E-state index is 11.4. The minimum absolute atomic E-state index is 0.0477. The van der Waals surface area contributed by atoms with E-state index in [2.05, 4.69) is 6.92 Å². The summed E-state index contributed by atoms with van der Waals surface area (Å²) >= 11 is 0. The van der Waals surface area contributed by atoms with Crippen LogP contribution in [0.2, 0.25) is 0 Å². The SMILES string of the molecule is CCCCCCCCCCCCCCCCC(CO)OC(=O)CCC. The highest BCUT2D eigenvalue weighted by molar-refractivity contribution is 5.69. The summed E-state index contributed by atoms with van der Waals surface area (Å²) < 4.78 is 5.26. The van der Waals surface area contributed by atoms with E-state index in [1.807, 2.05) is 6.92 Å². The first kappa shape index (κ1) is 24.4. The van der Waals surface area contributed by atoms with Gasteiger partial charge in [-0.25, -0.2) is 0 Å². The molecule has 0 spiro atoms. The Morgan fingerprint density at radius 1 is 0.720 bits per heavy atom. The monoisotopic (exact) mass is 356 g/mol. The van der Waals surface area contributed by atoms with Crippen molar-refractivity contribution in [2.24, 2.45) is 0 Å². The third-order valence-electron chi connectivity index (χ3n) is 4.84. The molecule has 0 saturated carbocycles. The molecule has 0 fully saturated rings. The normalized spacial score (nSPS) is 12.3. The molecule has 0 heterocycles. The van der Waals surface area contributed by atoms with Gasteiger partial charge in [-0.05, 0) is 19.3 Å². The van der Waals surface area contributed by atoms with Crippen LogP contribution in [-0.2, 0) is 9.53 Å². The number of hydrogen-bond acceptors (Lipinski definition) is 3. The van der Waals surface area contributed by atoms with E-state index in [9.17, 15) is 9.90 Å². The van der Waals surface area contributed by atoms with E-state index in [-0.39, 0.29) is 18.7 Å². The van der Waals surface area contributed by atoms with Crippen LogP contribution in [0.1, 0.15) is 123 Å². The number of esters is 1. The standard InChI is InChI=1S/C22H44O3/c1-3-5-6-7-8-9-10-11-12-13-14-15-16-17-19-21(20-23)25-22(24)18-4-2/h21,23H,3-20H2,1-2H3. The first-order valence-electron chi connectivity index (χ1n) is 11.0. The van der Waals surface area contributed by atoms with E-state index in [0.717, 1.165) is 19.3 Å². The van der Waals surface area contributed by atoms with Crippen molar-refractivity contribution in [2.45, 2.75) is 129 Å². The number of carbonyl (C=O) groups excluding carboxylic acids is 1. The van der Waals surface area contributed by atoms with Crippen LogP contribution in [0.4, 0.5) is 0 Å². The van der Waals surface area contributed by atoms with Gasteiger partial charge in [-0.15, -0.1) is 0 Å². The Morgan fingerprint density at radius 2 is 1.16 bits per heavy atom. The van der Waals surface area contributed by atoms with Gasteiger partial charge in [0.1, 0.15) is 6.10 Å². The zero-order chi connectivity index (χ0) is 18.6. The Hall–Kier alpha value is -0.570. The van der Waals surface area contributed by atoms with Gasteiger partial charge >= 0.3 is 5.97 Å². The first-order chi connectivity index (χ1) is 12.2. The van der Waals surface area contributed by atoms with Crippen molar-refractivity contribution in [3.63, 3.8) is 0 Å². The molecule has 1 atom stereocenters. The highest BCUT2D eigenvalue weighted by Gasteiger charge is 2.12. The van der Waals surface area contributed by atoms with Gasteiger partial charge in [-0.1, -0.05) is 97.3 Å². The van der Waals surface area contributed by atoms with Crippen LogP contribution >= 0.6 is 0 Å². The molecule has 0 bridgehead atoms. The Kier molecular flexibility index (Phi) is 19.3. The molecule has 0 aliphatic carbocycles. The van der Waals surface area contributed by atoms with Crippen LogP contribution in [0.5, 0.6) is 0 Å². The molecule has 0 aliphatic rings. The van der Waals surface area contributed by atoms with Crippen molar-refractivity contribution in [1.82, 2.24) is 0 Å². The van der Waals surface area contributed by atoms with E-state index in [0.29, 0.717) is 6.42 Å². The summed E-state index contributed by atoms with van der Waals surface area (Å²) in [5.41, 5.74) is 0. The maximum Gasteiger partial charge on any atom is 0.306 e. The highest BCUT2D eigenvalue weighted by atomic mass is 16.5. The largest absolute Gasteiger partial charge is 0.460 e. The predicted octanol–water partition coefficient (Wildman–Crippen LogP) is 6.56. The number of aliphatic hydroxyl groups excluding tert-OH is 1. The first-order valence-corrected chi connectivity index (χ1v) is 11.0. The summed E-state index contributed by atoms with van der Waals surface area (Å²) in [5.74, 6) is -0.174. The van der Waals surface area contributed by atoms with Crippen LogP contribution in [0.3, 0.4) is 0 Å². The van der Waals surface area contributed by atoms with Crippen LogP contribution in [0.25, 0.3) is 0 Å². The molecule has 0 aromatic rings. The number of ether oxygens (including phenoxy) is 1. The molecular formula is C22H44O3. The molecule has 3 nitrogen and oxygen atoms in total. The summed E-state index contributed by atoms with van der Waals surface area (Å²) in [7, 11) is 0. The number of aliphatic hydroxyl groups is 1. The molecule has 0 rings (SSSR count). The molecule has 0 aliphatic heterocycles. The Balaban J connectivity index is 3.28. The van der Waals surface area contributed by atoms with E-state index in [4.69, 9.17) is 4.74 Å². The summed E-state index contributed by atoms with van der Waals surface area (Å²) in [5, 5.41) is 9.27. The van der Waals surface area contributed by atoms with Crippen molar-refractivity contribution < 1.29 is 14.6 Å². The second kappa shape index (κ2) is 19.8. The third-order valence-corrected chi connectivity index (χ3v) is 4.84. The number of hydrogen-bond donors (Lipinski definition) is 1. The minimum Gasteiger partial charge on any atom is -0.460 e. The van der Waals surface area contributed by atoms with Gasteiger partial charge in [0.05, 0.1) is 6.61 Å². The molecular weight excluding hydrogens is 312 g/mol. The lowest BCUT2D eigenvalue weighted by Crippen LogP contribution is -2.21. The average molecular weight is 357 g/mol. The summed E-state index contributed by atoms with van der Waals surface area (Å²) in [6, 6.07) is 0. The fourth-order valence-corrected chi connectivity index (χ4v) is 3.20. The van der Waals surface area contributed by atoms with Gasteiger partial charge in [0, 0.05) is 6.42 Å². The second-order valence-corrected chi connectivity index (χ2v) is 7.43. The Morgan fingerprint density at radius 3 is 1.56 bits per heavy atom. The van der Waals surface area contributed by atoms with Crippen molar-refractivity contribution in [2.75, 3.05) is 6.61 Å². The van der Waals surface area contributed by atoms with Crippen LogP contribution in [-0.4, -0.2) is 23.8 Å². The number of rotatable bonds is 19. The summed E-state index contributed by atoms with van der Waals surface area (Å²) in [6.07, 6.45) is 20.5. The van der Waals surface area contributed by atoms with E-state index in [1.54, 1.807) is 0 Å². The van der Waals surface area contributed by atoms with Crippen molar-refractivity contribution in [3.8, 4) is 0 Å². The lowest BCUT2D eigenvalue weighted by Gasteiger charge is -2.15. The zero-order valence-corrected chi connectivity index (χ0v) is 17.1. The topological polar surface area (TPSA) is 46.5 Å². The van der Waals surface area contributed by atoms with Gasteiger partial charge in [-0.3, -0.25) is 4.79 Å². The van der Waals surface area contributed by atoms with Crippen molar-refractivity contribution >= 4 is 5.97 Å². The van der Waals surface area contributed by atoms with Crippen LogP contribution < -0.4 is 0 Å². The molecule has 1 unspecified atom stereocenters. The van der Waals surface area contributed by atoms with Gasteiger partial charge < -0.3 is 9.84 Å². The third kappa shape index (κ3) is 18.0. The number of unbranched alkanes of at least 4 members (excludes halogenated alkanes) is 13. The van der Waals surface area contributed by atoms with Gasteiger partial charge in [0.2, 0.25) is 0 Å². The molecule has 0 aromatic heterocycles. The van der Waals surface area contributed by atoms with E-state index < -0.39 is 0 Å². The molecule has 0 radical (unpaired) electrons. The smallest absolute Gasteiger partial charge is 0.306 e. The van der Waals surface area contributed by atoms with Gasteiger partial charge in [-0.2, -0.15) is 0 Å². The quantitative estimate of drug-likeness (QED) is 0.210. The molecule has 150 valence electrons. The second-order valence-electron chi connectivity index (χ2n) is 7.43. The fourth-order valence-electron chi connectivity index (χ4n) is 3.20. The van der Waals surface area contributed by atoms with Crippen LogP contribution in [0.15, 0.2) is 0 Å². The molecule has 0 saturated heterocycles. The lowest BCUT2D eigenvalue weighted by molar-refractivity contribution is -0.151. The molecule has 3 heteroatoms. The van der Waals surface area contributed by atoms with Gasteiger partial charge in [0.25, 0.3) is 0 Å². The van der Waals surface area contributed by atoms with Crippen LogP contribution in [0, 0.1) is 0 Å². The summed E-state index contributed by atoms with van der Waals surface area (Å²) in [6.45, 7) is 4.18. The Bertz CT molecular complexity index is 278. The molecule has 25 heavy (non-hydrogen) atoms. The maximum atomic E-state index is 11.4. The van der Waals surface area contributed by atoms with Gasteiger partial charge in [0.15, 0.2) is 0 Å². The Labute approximate surface area is 156 Å². The molecule has 0 aromatic carbocycles.